The second-order valence-electron chi connectivity index (χ2n) is 4.75. The molecular weight excluding hydrogens is 276 g/mol. The number of ketones is 1. The number of tetrazole rings is 1. The van der Waals surface area contributed by atoms with Gasteiger partial charge in [-0.15, -0.1) is 21.5 Å². The summed E-state index contributed by atoms with van der Waals surface area (Å²) in [6.45, 7) is 3.68. The third-order valence-corrected chi connectivity index (χ3v) is 4.14. The van der Waals surface area contributed by atoms with Crippen LogP contribution >= 0.6 is 11.3 Å². The van der Waals surface area contributed by atoms with Crippen molar-refractivity contribution in [3.8, 4) is 0 Å². The van der Waals surface area contributed by atoms with Crippen LogP contribution in [0.1, 0.15) is 43.3 Å². The van der Waals surface area contributed by atoms with Gasteiger partial charge in [-0.05, 0) is 19.8 Å². The standard InChI is InChI=1S/C12H18N6OS/c1-3-4-9(7(2)19)10(11-15-17-18-16-11)5-8-6-14-12(13)20-8/h6,9-10H,3-5H2,1-2H3,(H2,13,14)(H,15,16,17,18)/t9-,10+/m1/s1. The number of aromatic amines is 1. The van der Waals surface area contributed by atoms with E-state index < -0.39 is 0 Å². The van der Waals surface area contributed by atoms with E-state index in [1.165, 1.54) is 11.3 Å². The van der Waals surface area contributed by atoms with E-state index in [-0.39, 0.29) is 17.6 Å². The van der Waals surface area contributed by atoms with E-state index >= 15 is 0 Å². The Morgan fingerprint density at radius 2 is 2.35 bits per heavy atom. The molecule has 2 rings (SSSR count). The highest BCUT2D eigenvalue weighted by molar-refractivity contribution is 7.15. The average molecular weight is 294 g/mol. The molecule has 0 unspecified atom stereocenters. The van der Waals surface area contributed by atoms with Gasteiger partial charge in [-0.1, -0.05) is 18.6 Å². The molecule has 0 fully saturated rings. The molecule has 0 amide bonds. The Kier molecular flexibility index (Phi) is 4.78. The molecule has 0 aromatic carbocycles. The second-order valence-corrected chi connectivity index (χ2v) is 5.90. The summed E-state index contributed by atoms with van der Waals surface area (Å²) in [5.74, 6) is 0.525. The van der Waals surface area contributed by atoms with Gasteiger partial charge in [-0.2, -0.15) is 5.21 Å². The number of carbonyl (C=O) groups is 1. The SMILES string of the molecule is CCC[C@H](C(C)=O)[C@H](Cc1cnc(N)s1)c1nn[nH]n1. The van der Waals surface area contributed by atoms with Crippen LogP contribution in [0.15, 0.2) is 6.20 Å². The first-order chi connectivity index (χ1) is 9.61. The monoisotopic (exact) mass is 294 g/mol. The van der Waals surface area contributed by atoms with Crippen LogP contribution in [-0.2, 0) is 11.2 Å². The van der Waals surface area contributed by atoms with Gasteiger partial charge in [-0.3, -0.25) is 4.79 Å². The Labute approximate surface area is 121 Å². The second kappa shape index (κ2) is 6.56. The van der Waals surface area contributed by atoms with Crippen molar-refractivity contribution in [2.75, 3.05) is 5.73 Å². The highest BCUT2D eigenvalue weighted by atomic mass is 32.1. The summed E-state index contributed by atoms with van der Waals surface area (Å²) >= 11 is 1.43. The predicted molar refractivity (Wildman–Crippen MR) is 76.2 cm³/mol. The van der Waals surface area contributed by atoms with Crippen LogP contribution in [0, 0.1) is 5.92 Å². The van der Waals surface area contributed by atoms with E-state index in [4.69, 9.17) is 5.73 Å². The van der Waals surface area contributed by atoms with E-state index in [0.29, 0.717) is 17.4 Å². The van der Waals surface area contributed by atoms with Gasteiger partial charge in [0.25, 0.3) is 0 Å². The smallest absolute Gasteiger partial charge is 0.180 e. The van der Waals surface area contributed by atoms with Gasteiger partial charge in [0.15, 0.2) is 11.0 Å². The molecule has 2 atom stereocenters. The molecule has 7 nitrogen and oxygen atoms in total. The zero-order chi connectivity index (χ0) is 14.5. The molecular formula is C12H18N6OS. The first-order valence-electron chi connectivity index (χ1n) is 6.55. The number of hydrogen-bond donors (Lipinski definition) is 2. The van der Waals surface area contributed by atoms with Crippen LogP contribution in [0.2, 0.25) is 0 Å². The van der Waals surface area contributed by atoms with Crippen LogP contribution in [0.4, 0.5) is 5.13 Å². The molecule has 0 saturated carbocycles. The van der Waals surface area contributed by atoms with Crippen molar-refractivity contribution >= 4 is 22.3 Å². The van der Waals surface area contributed by atoms with E-state index in [2.05, 4.69) is 32.5 Å². The van der Waals surface area contributed by atoms with E-state index in [1.54, 1.807) is 13.1 Å². The van der Waals surface area contributed by atoms with Gasteiger partial charge in [0, 0.05) is 22.9 Å². The normalized spacial score (nSPS) is 14.1. The Hall–Kier alpha value is -1.83. The number of nitrogen functional groups attached to an aromatic ring is 1. The molecule has 8 heteroatoms. The van der Waals surface area contributed by atoms with Crippen molar-refractivity contribution in [1.82, 2.24) is 25.6 Å². The molecule has 2 aromatic rings. The summed E-state index contributed by atoms with van der Waals surface area (Å²) in [5.41, 5.74) is 5.66. The van der Waals surface area contributed by atoms with Gasteiger partial charge < -0.3 is 5.73 Å². The van der Waals surface area contributed by atoms with Crippen molar-refractivity contribution in [2.24, 2.45) is 5.92 Å². The molecule has 20 heavy (non-hydrogen) atoms. The fourth-order valence-electron chi connectivity index (χ4n) is 2.37. The topological polar surface area (TPSA) is 110 Å². The van der Waals surface area contributed by atoms with Gasteiger partial charge in [0.05, 0.1) is 0 Å². The maximum Gasteiger partial charge on any atom is 0.180 e. The molecule has 0 aliphatic carbocycles. The van der Waals surface area contributed by atoms with Crippen molar-refractivity contribution in [3.05, 3.63) is 16.9 Å². The van der Waals surface area contributed by atoms with Gasteiger partial charge in [0.1, 0.15) is 5.78 Å². The van der Waals surface area contributed by atoms with Crippen molar-refractivity contribution in [1.29, 1.82) is 0 Å². The van der Waals surface area contributed by atoms with Crippen LogP contribution < -0.4 is 5.73 Å². The highest BCUT2D eigenvalue weighted by Gasteiger charge is 2.30. The zero-order valence-electron chi connectivity index (χ0n) is 11.5. The lowest BCUT2D eigenvalue weighted by Gasteiger charge is -2.21. The lowest BCUT2D eigenvalue weighted by Crippen LogP contribution is -2.23. The van der Waals surface area contributed by atoms with Gasteiger partial charge in [-0.25, -0.2) is 4.98 Å². The molecule has 108 valence electrons. The van der Waals surface area contributed by atoms with Crippen LogP contribution in [0.5, 0.6) is 0 Å². The highest BCUT2D eigenvalue weighted by Crippen LogP contribution is 2.32. The summed E-state index contributed by atoms with van der Waals surface area (Å²) in [6, 6.07) is 0. The Bertz CT molecular complexity index is 552. The lowest BCUT2D eigenvalue weighted by atomic mass is 9.82. The number of Topliss-reactive ketones (excluding diaryl/α,β-unsaturated/α-hetero) is 1. The van der Waals surface area contributed by atoms with Crippen LogP contribution in [0.25, 0.3) is 0 Å². The number of aromatic nitrogens is 5. The number of carbonyl (C=O) groups excluding carboxylic acids is 1. The largest absolute Gasteiger partial charge is 0.375 e. The van der Waals surface area contributed by atoms with Crippen molar-refractivity contribution < 1.29 is 4.79 Å². The Morgan fingerprint density at radius 3 is 2.85 bits per heavy atom. The number of rotatable bonds is 7. The summed E-state index contributed by atoms with van der Waals surface area (Å²) in [4.78, 5) is 17.0. The van der Waals surface area contributed by atoms with Crippen molar-refractivity contribution in [3.63, 3.8) is 0 Å². The minimum Gasteiger partial charge on any atom is -0.375 e. The van der Waals surface area contributed by atoms with E-state index in [9.17, 15) is 4.79 Å². The Balaban J connectivity index is 2.26. The van der Waals surface area contributed by atoms with Gasteiger partial charge >= 0.3 is 0 Å². The Morgan fingerprint density at radius 1 is 1.55 bits per heavy atom. The molecule has 0 aliphatic heterocycles. The number of nitrogens with one attached hydrogen (secondary N) is 1. The first kappa shape index (κ1) is 14.6. The number of hydrogen-bond acceptors (Lipinski definition) is 7. The minimum atomic E-state index is -0.110. The van der Waals surface area contributed by atoms with E-state index in [0.717, 1.165) is 17.7 Å². The maximum atomic E-state index is 11.9. The fraction of sp³-hybridized carbons (Fsp3) is 0.583. The van der Waals surface area contributed by atoms with Crippen LogP contribution in [-0.4, -0.2) is 31.4 Å². The molecule has 2 aromatic heterocycles. The first-order valence-corrected chi connectivity index (χ1v) is 7.37. The number of H-pyrrole nitrogens is 1. The number of nitrogens with two attached hydrogens (primary N) is 1. The van der Waals surface area contributed by atoms with Gasteiger partial charge in [0.2, 0.25) is 0 Å². The predicted octanol–water partition coefficient (Wildman–Crippen LogP) is 1.57. The van der Waals surface area contributed by atoms with Crippen molar-refractivity contribution in [2.45, 2.75) is 39.0 Å². The number of nitrogens with zero attached hydrogens (tertiary/aromatic N) is 4. The molecule has 0 spiro atoms. The summed E-state index contributed by atoms with van der Waals surface area (Å²) in [6.07, 6.45) is 4.14. The number of anilines is 1. The molecule has 0 radical (unpaired) electrons. The average Bonchev–Trinajstić information content (AvgIpc) is 3.04. The molecule has 0 aliphatic rings. The quantitative estimate of drug-likeness (QED) is 0.802. The summed E-state index contributed by atoms with van der Waals surface area (Å²) in [7, 11) is 0. The van der Waals surface area contributed by atoms with E-state index in [1.807, 2.05) is 0 Å². The lowest BCUT2D eigenvalue weighted by molar-refractivity contribution is -0.121. The minimum absolute atomic E-state index is 0.0916. The third-order valence-electron chi connectivity index (χ3n) is 3.29. The van der Waals surface area contributed by atoms with Crippen LogP contribution in [0.3, 0.4) is 0 Å². The molecule has 2 heterocycles. The third kappa shape index (κ3) is 3.38. The molecule has 0 saturated heterocycles. The molecule has 3 N–H and O–H groups in total. The maximum absolute atomic E-state index is 11.9. The zero-order valence-corrected chi connectivity index (χ0v) is 12.4. The molecule has 0 bridgehead atoms. The summed E-state index contributed by atoms with van der Waals surface area (Å²) < 4.78 is 0. The summed E-state index contributed by atoms with van der Waals surface area (Å²) in [5, 5.41) is 14.7. The fourth-order valence-corrected chi connectivity index (χ4v) is 3.11. The number of thiazole rings is 1.